The highest BCUT2D eigenvalue weighted by molar-refractivity contribution is 7.07. The summed E-state index contributed by atoms with van der Waals surface area (Å²) in [6, 6.07) is 2.16. The molecule has 1 aliphatic rings. The van der Waals surface area contributed by atoms with Crippen LogP contribution in [0.3, 0.4) is 0 Å². The van der Waals surface area contributed by atoms with Crippen LogP contribution in [0.15, 0.2) is 12.1 Å². The van der Waals surface area contributed by atoms with E-state index in [0.717, 1.165) is 28.5 Å². The smallest absolute Gasteiger partial charge is 0.329 e. The first kappa shape index (κ1) is 18.8. The van der Waals surface area contributed by atoms with Crippen LogP contribution in [0.2, 0.25) is 0 Å². The van der Waals surface area contributed by atoms with E-state index in [4.69, 9.17) is 0 Å². The van der Waals surface area contributed by atoms with Crippen molar-refractivity contribution >= 4 is 23.1 Å². The number of nitrogens with zero attached hydrogens (tertiary/aromatic N) is 6. The fraction of sp³-hybridized carbons (Fsp3) is 0.471. The van der Waals surface area contributed by atoms with Gasteiger partial charge in [-0.1, -0.05) is 11.4 Å². The molecule has 4 rings (SSSR count). The first-order valence-corrected chi connectivity index (χ1v) is 9.63. The molecule has 148 valence electrons. The molecule has 4 heterocycles. The molecule has 1 fully saturated rings. The van der Waals surface area contributed by atoms with Crippen LogP contribution < -0.4 is 0 Å². The summed E-state index contributed by atoms with van der Waals surface area (Å²) in [6.07, 6.45) is -2.80. The second kappa shape index (κ2) is 6.80. The van der Waals surface area contributed by atoms with E-state index in [9.17, 15) is 18.0 Å². The van der Waals surface area contributed by atoms with Crippen molar-refractivity contribution in [2.75, 3.05) is 6.54 Å². The fourth-order valence-corrected chi connectivity index (χ4v) is 4.08. The van der Waals surface area contributed by atoms with Gasteiger partial charge in [-0.05, 0) is 43.8 Å². The number of hydrogen-bond donors (Lipinski definition) is 0. The average molecular weight is 410 g/mol. The third kappa shape index (κ3) is 3.13. The van der Waals surface area contributed by atoms with E-state index >= 15 is 0 Å². The number of likely N-dealkylation sites (tertiary alicyclic amines) is 1. The van der Waals surface area contributed by atoms with Crippen LogP contribution in [0.1, 0.15) is 58.3 Å². The third-order valence-electron chi connectivity index (χ3n) is 4.85. The quantitative estimate of drug-likeness (QED) is 0.661. The molecule has 0 spiro atoms. The summed E-state index contributed by atoms with van der Waals surface area (Å²) < 4.78 is 45.1. The van der Waals surface area contributed by atoms with Crippen LogP contribution in [0.4, 0.5) is 13.2 Å². The van der Waals surface area contributed by atoms with E-state index in [1.807, 2.05) is 0 Å². The van der Waals surface area contributed by atoms with Gasteiger partial charge in [0.15, 0.2) is 5.65 Å². The van der Waals surface area contributed by atoms with Crippen molar-refractivity contribution in [1.82, 2.24) is 29.1 Å². The second-order valence-electron chi connectivity index (χ2n) is 6.67. The van der Waals surface area contributed by atoms with Gasteiger partial charge in [0.1, 0.15) is 10.6 Å². The van der Waals surface area contributed by atoms with Crippen molar-refractivity contribution in [1.29, 1.82) is 0 Å². The monoisotopic (exact) mass is 410 g/mol. The van der Waals surface area contributed by atoms with Crippen LogP contribution in [0, 0.1) is 6.92 Å². The molecule has 1 aliphatic heterocycles. The molecule has 0 aromatic carbocycles. The summed E-state index contributed by atoms with van der Waals surface area (Å²) in [4.78, 5) is 19.2. The van der Waals surface area contributed by atoms with Gasteiger partial charge in [0, 0.05) is 18.3 Å². The molecule has 1 atom stereocenters. The summed E-state index contributed by atoms with van der Waals surface area (Å²) in [7, 11) is 0. The van der Waals surface area contributed by atoms with Gasteiger partial charge < -0.3 is 4.90 Å². The Kier molecular flexibility index (Phi) is 4.56. The maximum atomic E-state index is 13.5. The van der Waals surface area contributed by atoms with Crippen molar-refractivity contribution in [2.45, 2.75) is 45.3 Å². The van der Waals surface area contributed by atoms with Crippen LogP contribution in [0.25, 0.3) is 5.65 Å². The van der Waals surface area contributed by atoms with Crippen molar-refractivity contribution in [3.63, 3.8) is 0 Å². The largest absolute Gasteiger partial charge is 0.433 e. The zero-order valence-electron chi connectivity index (χ0n) is 15.2. The molecule has 3 aromatic rings. The third-order valence-corrected chi connectivity index (χ3v) is 5.67. The number of aryl methyl sites for hydroxylation is 2. The molecule has 11 heteroatoms. The number of amides is 1. The van der Waals surface area contributed by atoms with Gasteiger partial charge >= 0.3 is 6.18 Å². The number of carbonyl (C=O) groups excluding carboxylic acids is 1. The maximum Gasteiger partial charge on any atom is 0.433 e. The van der Waals surface area contributed by atoms with Gasteiger partial charge in [0.05, 0.1) is 17.4 Å². The summed E-state index contributed by atoms with van der Waals surface area (Å²) in [5, 5.41) is 8.05. The van der Waals surface area contributed by atoms with E-state index in [1.54, 1.807) is 24.8 Å². The Morgan fingerprint density at radius 3 is 2.79 bits per heavy atom. The minimum absolute atomic E-state index is 0.136. The summed E-state index contributed by atoms with van der Waals surface area (Å²) >= 11 is 1.02. The van der Waals surface area contributed by atoms with E-state index in [2.05, 4.69) is 19.7 Å². The number of hydrogen-bond acceptors (Lipinski definition) is 6. The predicted molar refractivity (Wildman–Crippen MR) is 95.0 cm³/mol. The van der Waals surface area contributed by atoms with E-state index in [0.29, 0.717) is 41.3 Å². The van der Waals surface area contributed by atoms with Crippen LogP contribution in [-0.4, -0.2) is 41.5 Å². The average Bonchev–Trinajstić information content (AvgIpc) is 3.37. The van der Waals surface area contributed by atoms with Crippen LogP contribution in [-0.2, 0) is 12.6 Å². The summed E-state index contributed by atoms with van der Waals surface area (Å²) in [6.45, 7) is 3.96. The molecule has 0 radical (unpaired) electrons. The molecule has 0 aliphatic carbocycles. The lowest BCUT2D eigenvalue weighted by molar-refractivity contribution is -0.142. The van der Waals surface area contributed by atoms with E-state index < -0.39 is 17.9 Å². The predicted octanol–water partition coefficient (Wildman–Crippen LogP) is 3.45. The number of halogens is 3. The van der Waals surface area contributed by atoms with Gasteiger partial charge in [-0.2, -0.15) is 18.3 Å². The number of alkyl halides is 3. The Labute approximate surface area is 162 Å². The highest BCUT2D eigenvalue weighted by atomic mass is 32.1. The fourth-order valence-electron chi connectivity index (χ4n) is 3.47. The van der Waals surface area contributed by atoms with Gasteiger partial charge in [-0.15, -0.1) is 5.10 Å². The summed E-state index contributed by atoms with van der Waals surface area (Å²) in [5.74, 6) is -0.217. The Morgan fingerprint density at radius 1 is 1.36 bits per heavy atom. The van der Waals surface area contributed by atoms with Crippen molar-refractivity contribution in [3.05, 3.63) is 39.8 Å². The topological polar surface area (TPSA) is 76.3 Å². The lowest BCUT2D eigenvalue weighted by Crippen LogP contribution is -2.30. The Morgan fingerprint density at radius 2 is 2.14 bits per heavy atom. The molecule has 1 saturated heterocycles. The molecule has 7 nitrogen and oxygen atoms in total. The van der Waals surface area contributed by atoms with Crippen LogP contribution >= 0.6 is 11.5 Å². The van der Waals surface area contributed by atoms with Crippen molar-refractivity contribution in [3.8, 4) is 0 Å². The molecule has 1 amide bonds. The second-order valence-corrected chi connectivity index (χ2v) is 7.42. The van der Waals surface area contributed by atoms with E-state index in [1.165, 1.54) is 0 Å². The highest BCUT2D eigenvalue weighted by Gasteiger charge is 2.37. The van der Waals surface area contributed by atoms with Crippen molar-refractivity contribution in [2.24, 2.45) is 0 Å². The zero-order chi connectivity index (χ0) is 20.1. The molecule has 3 aromatic heterocycles. The Balaban J connectivity index is 1.76. The zero-order valence-corrected chi connectivity index (χ0v) is 16.0. The molecular formula is C17H17F3N6OS. The lowest BCUT2D eigenvalue weighted by atomic mass is 10.1. The first-order valence-electron chi connectivity index (χ1n) is 8.86. The molecule has 0 N–H and O–H groups in total. The number of carbonyl (C=O) groups is 1. The molecule has 0 bridgehead atoms. The Hall–Kier alpha value is -2.56. The normalized spacial score (nSPS) is 17.6. The van der Waals surface area contributed by atoms with Crippen molar-refractivity contribution < 1.29 is 18.0 Å². The lowest BCUT2D eigenvalue weighted by Gasteiger charge is -2.22. The molecular weight excluding hydrogens is 393 g/mol. The minimum Gasteiger partial charge on any atom is -0.329 e. The first-order chi connectivity index (χ1) is 13.3. The molecule has 1 unspecified atom stereocenters. The van der Waals surface area contributed by atoms with Gasteiger partial charge in [-0.25, -0.2) is 9.50 Å². The SMILES string of the molecule is CCc1cc(C(F)(F)F)n2nc(C3CCCN3C(=O)c3snnc3C)cc2n1. The van der Waals surface area contributed by atoms with Crippen LogP contribution in [0.5, 0.6) is 0 Å². The highest BCUT2D eigenvalue weighted by Crippen LogP contribution is 2.35. The standard InChI is InChI=1S/C17H17F3N6OS/c1-3-10-7-13(17(18,19)20)26-14(21-10)8-11(23-26)12-5-4-6-25(12)16(27)15-9(2)22-24-28-15/h7-8,12H,3-6H2,1-2H3. The minimum atomic E-state index is -4.55. The number of fused-ring (bicyclic) bond motifs is 1. The molecule has 28 heavy (non-hydrogen) atoms. The summed E-state index contributed by atoms with van der Waals surface area (Å²) in [5.41, 5.74) is 0.573. The Bertz CT molecular complexity index is 1040. The molecule has 0 saturated carbocycles. The van der Waals surface area contributed by atoms with Gasteiger partial charge in [0.2, 0.25) is 0 Å². The maximum absolute atomic E-state index is 13.5. The van der Waals surface area contributed by atoms with Gasteiger partial charge in [0.25, 0.3) is 5.91 Å². The number of rotatable bonds is 3. The van der Waals surface area contributed by atoms with E-state index in [-0.39, 0.29) is 11.6 Å². The van der Waals surface area contributed by atoms with Gasteiger partial charge in [-0.3, -0.25) is 4.79 Å². The number of aromatic nitrogens is 5.